The van der Waals surface area contributed by atoms with Gasteiger partial charge in [0, 0.05) is 23.6 Å². The number of pyridine rings is 1. The second kappa shape index (κ2) is 10.2. The van der Waals surface area contributed by atoms with Crippen LogP contribution in [0.3, 0.4) is 0 Å². The summed E-state index contributed by atoms with van der Waals surface area (Å²) in [5, 5.41) is 2.97. The van der Waals surface area contributed by atoms with Crippen molar-refractivity contribution < 1.29 is 27.5 Å². The average molecular weight is 576 g/mol. The van der Waals surface area contributed by atoms with E-state index in [0.29, 0.717) is 15.5 Å². The standard InChI is InChI=1S/C23H22BrN5O6S/c1-35-23(32)14-8-9-17-15(11-14)16(21(25)30)12-28(17)13-36(33,34)29-10-3-2-5-18(29)22(31)27-20-7-4-6-19(24)26-20/h2-4,6-9,11-12,18H,5,10,13H2,1H3,(H2,25,30)(H,26,27,31)/t18-/m0/s1. The first-order chi connectivity index (χ1) is 17.1. The lowest BCUT2D eigenvalue weighted by Gasteiger charge is -2.31. The second-order valence-corrected chi connectivity index (χ2v) is 10.7. The first-order valence-corrected chi connectivity index (χ1v) is 13.1. The molecule has 1 aromatic carbocycles. The van der Waals surface area contributed by atoms with Gasteiger partial charge in [-0.2, -0.15) is 4.31 Å². The summed E-state index contributed by atoms with van der Waals surface area (Å²) in [6, 6.07) is 8.40. The Kier molecular flexibility index (Phi) is 7.24. The molecule has 11 nitrogen and oxygen atoms in total. The van der Waals surface area contributed by atoms with E-state index in [9.17, 15) is 22.8 Å². The number of fused-ring (bicyclic) bond motifs is 1. The fourth-order valence-electron chi connectivity index (χ4n) is 3.98. The van der Waals surface area contributed by atoms with Crippen LogP contribution in [0.2, 0.25) is 0 Å². The number of ether oxygens (including phenoxy) is 1. The van der Waals surface area contributed by atoms with Crippen LogP contribution in [0.25, 0.3) is 10.9 Å². The molecule has 3 aromatic rings. The molecule has 1 aliphatic rings. The number of primary amides is 1. The molecule has 4 rings (SSSR count). The van der Waals surface area contributed by atoms with Gasteiger partial charge in [0.15, 0.2) is 0 Å². The number of esters is 1. The molecule has 0 radical (unpaired) electrons. The Morgan fingerprint density at radius 3 is 2.69 bits per heavy atom. The highest BCUT2D eigenvalue weighted by Crippen LogP contribution is 2.26. The number of carbonyl (C=O) groups excluding carboxylic acids is 3. The molecule has 188 valence electrons. The van der Waals surface area contributed by atoms with Crippen molar-refractivity contribution in [2.24, 2.45) is 5.73 Å². The van der Waals surface area contributed by atoms with Crippen molar-refractivity contribution in [2.45, 2.75) is 18.3 Å². The average Bonchev–Trinajstić information content (AvgIpc) is 3.20. The Labute approximate surface area is 215 Å². The summed E-state index contributed by atoms with van der Waals surface area (Å²) in [6.07, 6.45) is 4.92. The van der Waals surface area contributed by atoms with Crippen molar-refractivity contribution in [3.8, 4) is 0 Å². The molecule has 1 atom stereocenters. The Morgan fingerprint density at radius 2 is 2.00 bits per heavy atom. The number of rotatable bonds is 7. The molecule has 0 unspecified atom stereocenters. The van der Waals surface area contributed by atoms with Gasteiger partial charge in [-0.1, -0.05) is 18.2 Å². The number of amides is 2. The summed E-state index contributed by atoms with van der Waals surface area (Å²) in [6.45, 7) is 0.000694. The molecule has 0 aliphatic carbocycles. The summed E-state index contributed by atoms with van der Waals surface area (Å²) in [7, 11) is -2.83. The molecule has 0 spiro atoms. The van der Waals surface area contributed by atoms with E-state index >= 15 is 0 Å². The zero-order valence-corrected chi connectivity index (χ0v) is 21.5. The van der Waals surface area contributed by atoms with Crippen molar-refractivity contribution >= 4 is 60.5 Å². The van der Waals surface area contributed by atoms with Crippen molar-refractivity contribution in [1.82, 2.24) is 13.9 Å². The second-order valence-electron chi connectivity index (χ2n) is 7.97. The molecule has 0 fully saturated rings. The summed E-state index contributed by atoms with van der Waals surface area (Å²) >= 11 is 3.24. The minimum absolute atomic E-state index is 0.000694. The molecule has 2 aromatic heterocycles. The van der Waals surface area contributed by atoms with Gasteiger partial charge in [-0.15, -0.1) is 0 Å². The molecule has 0 saturated carbocycles. The van der Waals surface area contributed by atoms with E-state index < -0.39 is 39.7 Å². The maximum absolute atomic E-state index is 13.5. The lowest BCUT2D eigenvalue weighted by molar-refractivity contribution is -0.119. The van der Waals surface area contributed by atoms with E-state index in [2.05, 4.69) is 26.2 Å². The molecular formula is C23H22BrN5O6S. The van der Waals surface area contributed by atoms with E-state index in [1.54, 1.807) is 30.4 Å². The number of sulfonamides is 1. The van der Waals surface area contributed by atoms with Gasteiger partial charge >= 0.3 is 5.97 Å². The van der Waals surface area contributed by atoms with E-state index in [0.717, 1.165) is 4.31 Å². The number of halogens is 1. The van der Waals surface area contributed by atoms with Crippen LogP contribution in [0, 0.1) is 0 Å². The molecular weight excluding hydrogens is 554 g/mol. The Bertz CT molecular complexity index is 1500. The van der Waals surface area contributed by atoms with Crippen LogP contribution in [-0.2, 0) is 25.4 Å². The number of aromatic nitrogens is 2. The van der Waals surface area contributed by atoms with E-state index in [1.165, 1.54) is 36.1 Å². The Balaban J connectivity index is 1.65. The molecule has 13 heteroatoms. The van der Waals surface area contributed by atoms with Crippen LogP contribution in [0.5, 0.6) is 0 Å². The summed E-state index contributed by atoms with van der Waals surface area (Å²) in [4.78, 5) is 41.1. The fourth-order valence-corrected chi connectivity index (χ4v) is 5.92. The summed E-state index contributed by atoms with van der Waals surface area (Å²) in [5.74, 6) is -2.18. The topological polar surface area (TPSA) is 154 Å². The quantitative estimate of drug-likeness (QED) is 0.249. The van der Waals surface area contributed by atoms with Crippen LogP contribution in [-0.4, -0.2) is 59.8 Å². The molecule has 3 N–H and O–H groups in total. The molecule has 0 saturated heterocycles. The zero-order valence-electron chi connectivity index (χ0n) is 19.0. The third kappa shape index (κ3) is 5.17. The predicted molar refractivity (Wildman–Crippen MR) is 136 cm³/mol. The van der Waals surface area contributed by atoms with Crippen molar-refractivity contribution in [1.29, 1.82) is 0 Å². The van der Waals surface area contributed by atoms with Crippen LogP contribution in [0.4, 0.5) is 5.82 Å². The Morgan fingerprint density at radius 1 is 1.22 bits per heavy atom. The molecule has 1 aliphatic heterocycles. The predicted octanol–water partition coefficient (Wildman–Crippen LogP) is 2.24. The molecule has 2 amide bonds. The Hall–Kier alpha value is -3.55. The monoisotopic (exact) mass is 575 g/mol. The van der Waals surface area contributed by atoms with Crippen LogP contribution >= 0.6 is 15.9 Å². The largest absolute Gasteiger partial charge is 0.465 e. The molecule has 36 heavy (non-hydrogen) atoms. The van der Waals surface area contributed by atoms with Crippen molar-refractivity contribution in [3.05, 3.63) is 70.5 Å². The number of hydrogen-bond acceptors (Lipinski definition) is 7. The normalized spacial score (nSPS) is 16.1. The van der Waals surface area contributed by atoms with E-state index in [-0.39, 0.29) is 29.9 Å². The number of benzene rings is 1. The smallest absolute Gasteiger partial charge is 0.337 e. The van der Waals surface area contributed by atoms with E-state index in [4.69, 9.17) is 10.5 Å². The number of nitrogens with two attached hydrogens (primary N) is 1. The van der Waals surface area contributed by atoms with Gasteiger partial charge in [-0.3, -0.25) is 9.59 Å². The highest BCUT2D eigenvalue weighted by molar-refractivity contribution is 9.10. The van der Waals surface area contributed by atoms with Crippen LogP contribution in [0.15, 0.2) is 59.4 Å². The van der Waals surface area contributed by atoms with Gasteiger partial charge < -0.3 is 20.4 Å². The van der Waals surface area contributed by atoms with Gasteiger partial charge in [-0.25, -0.2) is 18.2 Å². The minimum Gasteiger partial charge on any atom is -0.465 e. The first kappa shape index (κ1) is 25.5. The zero-order chi connectivity index (χ0) is 26.0. The van der Waals surface area contributed by atoms with Gasteiger partial charge in [0.05, 0.1) is 18.2 Å². The lowest BCUT2D eigenvalue weighted by atomic mass is 10.1. The molecule has 3 heterocycles. The van der Waals surface area contributed by atoms with Gasteiger partial charge in [0.2, 0.25) is 15.9 Å². The first-order valence-electron chi connectivity index (χ1n) is 10.7. The summed E-state index contributed by atoms with van der Waals surface area (Å²) in [5.41, 5.74) is 6.13. The SMILES string of the molecule is COC(=O)c1ccc2c(c1)c(C(N)=O)cn2CS(=O)(=O)N1CC=CC[C@H]1C(=O)Nc1cccc(Br)n1. The van der Waals surface area contributed by atoms with Gasteiger partial charge in [0.1, 0.15) is 22.3 Å². The van der Waals surface area contributed by atoms with E-state index in [1.807, 2.05) is 0 Å². The highest BCUT2D eigenvalue weighted by atomic mass is 79.9. The van der Waals surface area contributed by atoms with Crippen LogP contribution in [0.1, 0.15) is 27.1 Å². The maximum Gasteiger partial charge on any atom is 0.337 e. The number of nitrogens with one attached hydrogen (secondary N) is 1. The van der Waals surface area contributed by atoms with Crippen LogP contribution < -0.4 is 11.1 Å². The lowest BCUT2D eigenvalue weighted by Crippen LogP contribution is -2.49. The third-order valence-corrected chi connectivity index (χ3v) is 7.82. The third-order valence-electron chi connectivity index (χ3n) is 5.66. The number of anilines is 1. The van der Waals surface area contributed by atoms with Gasteiger partial charge in [-0.05, 0) is 52.7 Å². The molecule has 0 bridgehead atoms. The van der Waals surface area contributed by atoms with Crippen molar-refractivity contribution in [3.63, 3.8) is 0 Å². The minimum atomic E-state index is -4.06. The number of hydrogen-bond donors (Lipinski definition) is 2. The van der Waals surface area contributed by atoms with Gasteiger partial charge in [0.25, 0.3) is 5.91 Å². The maximum atomic E-state index is 13.5. The summed E-state index contributed by atoms with van der Waals surface area (Å²) < 4.78 is 34.7. The fraction of sp³-hybridized carbons (Fsp3) is 0.217. The number of nitrogens with zero attached hydrogens (tertiary/aromatic N) is 3. The number of carbonyl (C=O) groups is 3. The number of methoxy groups -OCH3 is 1. The highest BCUT2D eigenvalue weighted by Gasteiger charge is 2.36. The van der Waals surface area contributed by atoms with Crippen molar-refractivity contribution in [2.75, 3.05) is 19.0 Å².